The number of methoxy groups -OCH3 is 1. The molecule has 3 N–H and O–H groups in total. The van der Waals surface area contributed by atoms with Crippen LogP contribution in [0.2, 0.25) is 0 Å². The van der Waals surface area contributed by atoms with E-state index in [9.17, 15) is 14.4 Å². The van der Waals surface area contributed by atoms with E-state index in [1.54, 1.807) is 49.6 Å². The summed E-state index contributed by atoms with van der Waals surface area (Å²) in [4.78, 5) is 38.5. The van der Waals surface area contributed by atoms with Crippen LogP contribution in [0.25, 0.3) is 10.9 Å². The number of hydrogen-bond acceptors (Lipinski definition) is 4. The molecule has 3 amide bonds. The van der Waals surface area contributed by atoms with Gasteiger partial charge in [0.05, 0.1) is 12.6 Å². The second-order valence-electron chi connectivity index (χ2n) is 8.29. The summed E-state index contributed by atoms with van der Waals surface area (Å²) in [5, 5.41) is 6.18. The SMILES string of the molecule is COc1ccc(CNC(=O)C(=O)Nn2c(C(=O)Nc3ccc(C)c(C)c3)cc3cc(Br)ccc32)cc1. The van der Waals surface area contributed by atoms with Gasteiger partial charge in [0.15, 0.2) is 0 Å². The molecule has 0 fully saturated rings. The van der Waals surface area contributed by atoms with Gasteiger partial charge >= 0.3 is 11.8 Å². The van der Waals surface area contributed by atoms with Gasteiger partial charge in [-0.05, 0) is 79.1 Å². The minimum absolute atomic E-state index is 0.162. The average molecular weight is 549 g/mol. The highest BCUT2D eigenvalue weighted by molar-refractivity contribution is 9.10. The van der Waals surface area contributed by atoms with Gasteiger partial charge in [0, 0.05) is 22.1 Å². The fraction of sp³-hybridized carbons (Fsp3) is 0.148. The summed E-state index contributed by atoms with van der Waals surface area (Å²) in [7, 11) is 1.57. The van der Waals surface area contributed by atoms with E-state index in [-0.39, 0.29) is 12.2 Å². The Hall–Kier alpha value is -4.11. The highest BCUT2D eigenvalue weighted by Crippen LogP contribution is 2.24. The average Bonchev–Trinajstić information content (AvgIpc) is 3.22. The van der Waals surface area contributed by atoms with Gasteiger partial charge < -0.3 is 15.4 Å². The van der Waals surface area contributed by atoms with E-state index in [0.717, 1.165) is 21.2 Å². The fourth-order valence-corrected chi connectivity index (χ4v) is 4.03. The van der Waals surface area contributed by atoms with Gasteiger partial charge in [-0.15, -0.1) is 0 Å². The Bertz CT molecular complexity index is 1460. The number of aryl methyl sites for hydroxylation is 2. The van der Waals surface area contributed by atoms with Crippen LogP contribution in [0.4, 0.5) is 5.69 Å². The lowest BCUT2D eigenvalue weighted by Crippen LogP contribution is -2.39. The summed E-state index contributed by atoms with van der Waals surface area (Å²) in [5.74, 6) is -1.46. The number of hydrogen-bond donors (Lipinski definition) is 3. The lowest BCUT2D eigenvalue weighted by atomic mass is 10.1. The van der Waals surface area contributed by atoms with Gasteiger partial charge in [-0.1, -0.05) is 34.1 Å². The summed E-state index contributed by atoms with van der Waals surface area (Å²) in [6.45, 7) is 4.12. The van der Waals surface area contributed by atoms with Crippen LogP contribution in [-0.2, 0) is 16.1 Å². The van der Waals surface area contributed by atoms with E-state index in [1.165, 1.54) is 4.68 Å². The minimum atomic E-state index is -0.899. The zero-order valence-electron chi connectivity index (χ0n) is 20.0. The normalized spacial score (nSPS) is 10.7. The van der Waals surface area contributed by atoms with Gasteiger partial charge in [-0.25, -0.2) is 4.68 Å². The second kappa shape index (κ2) is 10.7. The Morgan fingerprint density at radius 1 is 0.889 bits per heavy atom. The number of nitrogens with one attached hydrogen (secondary N) is 3. The first kappa shape index (κ1) is 25.0. The molecule has 0 aliphatic carbocycles. The number of amides is 3. The van der Waals surface area contributed by atoms with E-state index < -0.39 is 17.7 Å². The van der Waals surface area contributed by atoms with Gasteiger partial charge in [-0.3, -0.25) is 19.8 Å². The number of carbonyl (C=O) groups is 3. The standard InChI is InChI=1S/C27H25BrN4O4/c1-16-4-8-21(12-17(16)2)30-25(33)24-14-19-13-20(28)7-11-23(19)32(24)31-27(35)26(34)29-15-18-5-9-22(36-3)10-6-18/h4-14H,15H2,1-3H3,(H,29,34)(H,30,33)(H,31,35). The second-order valence-corrected chi connectivity index (χ2v) is 9.21. The maximum absolute atomic E-state index is 13.2. The predicted octanol–water partition coefficient (Wildman–Crippen LogP) is 4.67. The minimum Gasteiger partial charge on any atom is -0.497 e. The van der Waals surface area contributed by atoms with Crippen molar-refractivity contribution >= 4 is 50.2 Å². The first-order valence-electron chi connectivity index (χ1n) is 11.2. The Balaban J connectivity index is 1.54. The van der Waals surface area contributed by atoms with Crippen molar-refractivity contribution < 1.29 is 19.1 Å². The molecule has 0 radical (unpaired) electrons. The molecule has 3 aromatic carbocycles. The fourth-order valence-electron chi connectivity index (χ4n) is 3.65. The number of fused-ring (bicyclic) bond motifs is 1. The molecule has 9 heteroatoms. The van der Waals surface area contributed by atoms with E-state index in [1.807, 2.05) is 38.1 Å². The van der Waals surface area contributed by atoms with Gasteiger partial charge in [0.2, 0.25) is 0 Å². The maximum Gasteiger partial charge on any atom is 0.328 e. The first-order valence-corrected chi connectivity index (χ1v) is 12.0. The maximum atomic E-state index is 13.2. The van der Waals surface area contributed by atoms with E-state index >= 15 is 0 Å². The van der Waals surface area contributed by atoms with Crippen molar-refractivity contribution in [2.45, 2.75) is 20.4 Å². The molecular formula is C27H25BrN4O4. The van der Waals surface area contributed by atoms with E-state index in [2.05, 4.69) is 32.0 Å². The molecular weight excluding hydrogens is 524 g/mol. The molecule has 0 aliphatic rings. The molecule has 184 valence electrons. The molecule has 0 saturated carbocycles. The van der Waals surface area contributed by atoms with Crippen molar-refractivity contribution in [1.82, 2.24) is 9.99 Å². The van der Waals surface area contributed by atoms with Crippen LogP contribution in [0.1, 0.15) is 27.2 Å². The van der Waals surface area contributed by atoms with Crippen molar-refractivity contribution in [2.24, 2.45) is 0 Å². The third-order valence-corrected chi connectivity index (χ3v) is 6.29. The van der Waals surface area contributed by atoms with Crippen LogP contribution in [0.5, 0.6) is 5.75 Å². The summed E-state index contributed by atoms with van der Waals surface area (Å²) in [6.07, 6.45) is 0. The monoisotopic (exact) mass is 548 g/mol. The number of carbonyl (C=O) groups excluding carboxylic acids is 3. The Labute approximate surface area is 216 Å². The number of anilines is 1. The molecule has 1 heterocycles. The highest BCUT2D eigenvalue weighted by atomic mass is 79.9. The molecule has 0 bridgehead atoms. The number of nitrogens with zero attached hydrogens (tertiary/aromatic N) is 1. The molecule has 0 unspecified atom stereocenters. The zero-order chi connectivity index (χ0) is 25.8. The van der Waals surface area contributed by atoms with Crippen LogP contribution in [0.3, 0.4) is 0 Å². The molecule has 0 atom stereocenters. The van der Waals surface area contributed by atoms with Crippen LogP contribution >= 0.6 is 15.9 Å². The molecule has 0 saturated heterocycles. The van der Waals surface area contributed by atoms with Gasteiger partial charge in [-0.2, -0.15) is 0 Å². The Kier molecular flexibility index (Phi) is 7.40. The molecule has 4 rings (SSSR count). The first-order chi connectivity index (χ1) is 17.2. The molecule has 0 aliphatic heterocycles. The number of halogens is 1. The van der Waals surface area contributed by atoms with Crippen LogP contribution in [0.15, 0.2) is 71.2 Å². The van der Waals surface area contributed by atoms with Crippen molar-refractivity contribution in [3.63, 3.8) is 0 Å². The quantitative estimate of drug-likeness (QED) is 0.305. The number of ether oxygens (including phenoxy) is 1. The Morgan fingerprint density at radius 2 is 1.64 bits per heavy atom. The number of aromatic nitrogens is 1. The Morgan fingerprint density at radius 3 is 2.33 bits per heavy atom. The largest absolute Gasteiger partial charge is 0.497 e. The highest BCUT2D eigenvalue weighted by Gasteiger charge is 2.21. The predicted molar refractivity (Wildman–Crippen MR) is 143 cm³/mol. The summed E-state index contributed by atoms with van der Waals surface area (Å²) >= 11 is 3.43. The van der Waals surface area contributed by atoms with Crippen LogP contribution < -0.4 is 20.8 Å². The van der Waals surface area contributed by atoms with Crippen molar-refractivity contribution in [2.75, 3.05) is 17.9 Å². The molecule has 4 aromatic rings. The van der Waals surface area contributed by atoms with Crippen molar-refractivity contribution in [1.29, 1.82) is 0 Å². The van der Waals surface area contributed by atoms with Crippen molar-refractivity contribution in [3.05, 3.63) is 93.6 Å². The summed E-state index contributed by atoms with van der Waals surface area (Å²) in [5.41, 5.74) is 6.90. The van der Waals surface area contributed by atoms with E-state index in [0.29, 0.717) is 22.3 Å². The van der Waals surface area contributed by atoms with Crippen LogP contribution in [-0.4, -0.2) is 29.5 Å². The lowest BCUT2D eigenvalue weighted by Gasteiger charge is -2.13. The summed E-state index contributed by atoms with van der Waals surface area (Å²) < 4.78 is 7.27. The molecule has 1 aromatic heterocycles. The van der Waals surface area contributed by atoms with Gasteiger partial charge in [0.1, 0.15) is 11.4 Å². The lowest BCUT2D eigenvalue weighted by molar-refractivity contribution is -0.136. The molecule has 36 heavy (non-hydrogen) atoms. The van der Waals surface area contributed by atoms with E-state index in [4.69, 9.17) is 4.74 Å². The zero-order valence-corrected chi connectivity index (χ0v) is 21.6. The van der Waals surface area contributed by atoms with Crippen molar-refractivity contribution in [3.8, 4) is 5.75 Å². The number of benzene rings is 3. The van der Waals surface area contributed by atoms with Crippen LogP contribution in [0, 0.1) is 13.8 Å². The molecule has 0 spiro atoms. The smallest absolute Gasteiger partial charge is 0.328 e. The third kappa shape index (κ3) is 5.58. The third-order valence-electron chi connectivity index (χ3n) is 5.79. The molecule has 8 nitrogen and oxygen atoms in total. The summed E-state index contributed by atoms with van der Waals surface area (Å²) in [6, 6.07) is 19.8. The number of rotatable bonds is 6. The van der Waals surface area contributed by atoms with Gasteiger partial charge in [0.25, 0.3) is 5.91 Å². The topological polar surface area (TPSA) is 101 Å².